The van der Waals surface area contributed by atoms with Crippen LogP contribution >= 0.6 is 0 Å². The molecule has 0 aromatic heterocycles. The minimum absolute atomic E-state index is 0.154. The number of amides is 2. The number of alkyl halides is 3. The SMILES string of the molecule is CO[C@@H]1CN(C2CCOCC2)C[C@H]1NC(=O)CNC(=O)c1cccc(C(F)(F)F)c1. The summed E-state index contributed by atoms with van der Waals surface area (Å²) in [7, 11) is 1.59. The zero-order chi connectivity index (χ0) is 21.7. The van der Waals surface area contributed by atoms with Crippen molar-refractivity contribution < 1.29 is 32.2 Å². The summed E-state index contributed by atoms with van der Waals surface area (Å²) in [6.07, 6.45) is -2.84. The minimum atomic E-state index is -4.54. The molecule has 0 spiro atoms. The molecule has 2 N–H and O–H groups in total. The Balaban J connectivity index is 1.50. The first kappa shape index (κ1) is 22.5. The Morgan fingerprint density at radius 2 is 1.97 bits per heavy atom. The third kappa shape index (κ3) is 5.71. The molecule has 0 radical (unpaired) electrons. The molecule has 7 nitrogen and oxygen atoms in total. The maximum absolute atomic E-state index is 12.8. The van der Waals surface area contributed by atoms with Crippen LogP contribution in [0.25, 0.3) is 0 Å². The lowest BCUT2D eigenvalue weighted by Gasteiger charge is -2.30. The number of ether oxygens (including phenoxy) is 2. The van der Waals surface area contributed by atoms with Crippen LogP contribution in [0.1, 0.15) is 28.8 Å². The smallest absolute Gasteiger partial charge is 0.381 e. The van der Waals surface area contributed by atoms with Crippen molar-refractivity contribution in [1.82, 2.24) is 15.5 Å². The van der Waals surface area contributed by atoms with Gasteiger partial charge < -0.3 is 20.1 Å². The van der Waals surface area contributed by atoms with Crippen molar-refractivity contribution in [3.05, 3.63) is 35.4 Å². The molecular weight excluding hydrogens is 403 g/mol. The molecule has 3 rings (SSSR count). The fraction of sp³-hybridized carbons (Fsp3) is 0.600. The van der Waals surface area contributed by atoms with Crippen LogP contribution in [0, 0.1) is 0 Å². The average molecular weight is 429 g/mol. The van der Waals surface area contributed by atoms with Crippen LogP contribution in [0.4, 0.5) is 13.2 Å². The lowest BCUT2D eigenvalue weighted by atomic mass is 10.1. The number of benzene rings is 1. The molecule has 166 valence electrons. The zero-order valence-corrected chi connectivity index (χ0v) is 16.7. The van der Waals surface area contributed by atoms with Gasteiger partial charge in [-0.2, -0.15) is 13.2 Å². The van der Waals surface area contributed by atoms with Crippen molar-refractivity contribution in [2.24, 2.45) is 0 Å². The van der Waals surface area contributed by atoms with Gasteiger partial charge in [-0.1, -0.05) is 6.07 Å². The van der Waals surface area contributed by atoms with Gasteiger partial charge in [-0.15, -0.1) is 0 Å². The summed E-state index contributed by atoms with van der Waals surface area (Å²) in [5.74, 6) is -1.16. The highest BCUT2D eigenvalue weighted by Crippen LogP contribution is 2.29. The highest BCUT2D eigenvalue weighted by atomic mass is 19.4. The second-order valence-corrected chi connectivity index (χ2v) is 7.51. The molecule has 2 fully saturated rings. The predicted octanol–water partition coefficient (Wildman–Crippen LogP) is 1.43. The van der Waals surface area contributed by atoms with Crippen molar-refractivity contribution in [3.63, 3.8) is 0 Å². The first-order valence-corrected chi connectivity index (χ1v) is 9.87. The van der Waals surface area contributed by atoms with Crippen molar-refractivity contribution >= 4 is 11.8 Å². The lowest BCUT2D eigenvalue weighted by molar-refractivity contribution is -0.137. The van der Waals surface area contributed by atoms with Gasteiger partial charge in [0, 0.05) is 45.0 Å². The molecule has 1 aromatic rings. The molecular formula is C20H26F3N3O4. The van der Waals surface area contributed by atoms with E-state index in [-0.39, 0.29) is 24.3 Å². The number of hydrogen-bond acceptors (Lipinski definition) is 5. The van der Waals surface area contributed by atoms with Crippen molar-refractivity contribution in [3.8, 4) is 0 Å². The third-order valence-electron chi connectivity index (χ3n) is 5.51. The zero-order valence-electron chi connectivity index (χ0n) is 16.7. The summed E-state index contributed by atoms with van der Waals surface area (Å²) in [6.45, 7) is 2.44. The molecule has 1 aromatic carbocycles. The summed E-state index contributed by atoms with van der Waals surface area (Å²) in [4.78, 5) is 26.7. The standard InChI is InChI=1S/C20H26F3N3O4/c1-29-17-12-26(15-5-7-30-8-6-15)11-16(17)25-18(27)10-24-19(28)13-3-2-4-14(9-13)20(21,22)23/h2-4,9,15-17H,5-8,10-12H2,1H3,(H,24,28)(H,25,27)/t16-,17-/m1/s1. The number of methoxy groups -OCH3 is 1. The Morgan fingerprint density at radius 1 is 1.23 bits per heavy atom. The first-order valence-electron chi connectivity index (χ1n) is 9.87. The lowest BCUT2D eigenvalue weighted by Crippen LogP contribution is -2.47. The van der Waals surface area contributed by atoms with Gasteiger partial charge in [-0.3, -0.25) is 14.5 Å². The van der Waals surface area contributed by atoms with E-state index in [9.17, 15) is 22.8 Å². The van der Waals surface area contributed by atoms with E-state index in [1.165, 1.54) is 6.07 Å². The number of hydrogen-bond donors (Lipinski definition) is 2. The maximum Gasteiger partial charge on any atom is 0.416 e. The Bertz CT molecular complexity index is 753. The van der Waals surface area contributed by atoms with Gasteiger partial charge in [0.1, 0.15) is 0 Å². The molecule has 0 unspecified atom stereocenters. The average Bonchev–Trinajstić information content (AvgIpc) is 3.15. The molecule has 2 aliphatic heterocycles. The van der Waals surface area contributed by atoms with Crippen LogP contribution in [-0.2, 0) is 20.4 Å². The van der Waals surface area contributed by atoms with E-state index in [0.717, 1.165) is 44.3 Å². The van der Waals surface area contributed by atoms with Crippen LogP contribution in [-0.4, -0.2) is 74.9 Å². The number of rotatable bonds is 6. The summed E-state index contributed by atoms with van der Waals surface area (Å²) in [5, 5.41) is 5.23. The van der Waals surface area contributed by atoms with Crippen LogP contribution in [0.3, 0.4) is 0 Å². The van der Waals surface area contributed by atoms with Gasteiger partial charge in [0.25, 0.3) is 5.91 Å². The van der Waals surface area contributed by atoms with Crippen LogP contribution < -0.4 is 10.6 Å². The summed E-state index contributed by atoms with van der Waals surface area (Å²) < 4.78 is 49.3. The normalized spacial score (nSPS) is 23.3. The molecule has 2 saturated heterocycles. The summed E-state index contributed by atoms with van der Waals surface area (Å²) in [5.41, 5.74) is -1.07. The van der Waals surface area contributed by atoms with E-state index >= 15 is 0 Å². The molecule has 2 atom stereocenters. The van der Waals surface area contributed by atoms with E-state index < -0.39 is 23.6 Å². The Labute approximate surface area is 172 Å². The van der Waals surface area contributed by atoms with E-state index in [4.69, 9.17) is 9.47 Å². The topological polar surface area (TPSA) is 79.9 Å². The quantitative estimate of drug-likeness (QED) is 0.715. The molecule has 2 amide bonds. The van der Waals surface area contributed by atoms with Gasteiger partial charge in [0.2, 0.25) is 5.91 Å². The van der Waals surface area contributed by atoms with Crippen molar-refractivity contribution in [2.75, 3.05) is 40.0 Å². The number of nitrogens with one attached hydrogen (secondary N) is 2. The van der Waals surface area contributed by atoms with Gasteiger partial charge in [-0.05, 0) is 31.0 Å². The third-order valence-corrected chi connectivity index (χ3v) is 5.51. The van der Waals surface area contributed by atoms with E-state index in [1.54, 1.807) is 7.11 Å². The van der Waals surface area contributed by atoms with Gasteiger partial charge in [0.05, 0.1) is 24.3 Å². The molecule has 30 heavy (non-hydrogen) atoms. The molecule has 0 bridgehead atoms. The van der Waals surface area contributed by atoms with Crippen molar-refractivity contribution in [2.45, 2.75) is 37.2 Å². The Kier molecular flexibility index (Phi) is 7.32. The highest BCUT2D eigenvalue weighted by molar-refractivity contribution is 5.96. The summed E-state index contributed by atoms with van der Waals surface area (Å²) in [6, 6.07) is 4.24. The maximum atomic E-state index is 12.8. The fourth-order valence-corrected chi connectivity index (χ4v) is 3.89. The second-order valence-electron chi connectivity index (χ2n) is 7.51. The number of likely N-dealkylation sites (tertiary alicyclic amines) is 1. The van der Waals surface area contributed by atoms with Crippen molar-refractivity contribution in [1.29, 1.82) is 0 Å². The van der Waals surface area contributed by atoms with Crippen LogP contribution in [0.15, 0.2) is 24.3 Å². The molecule has 2 heterocycles. The molecule has 0 aliphatic carbocycles. The van der Waals surface area contributed by atoms with Gasteiger partial charge in [0.15, 0.2) is 0 Å². The summed E-state index contributed by atoms with van der Waals surface area (Å²) >= 11 is 0. The van der Waals surface area contributed by atoms with Crippen LogP contribution in [0.5, 0.6) is 0 Å². The van der Waals surface area contributed by atoms with E-state index in [2.05, 4.69) is 15.5 Å². The number of carbonyl (C=O) groups excluding carboxylic acids is 2. The van der Waals surface area contributed by atoms with Gasteiger partial charge >= 0.3 is 6.18 Å². The number of halogens is 3. The second kappa shape index (κ2) is 9.76. The van der Waals surface area contributed by atoms with E-state index in [1.807, 2.05) is 0 Å². The number of nitrogens with zero attached hydrogens (tertiary/aromatic N) is 1. The first-order chi connectivity index (χ1) is 14.3. The minimum Gasteiger partial charge on any atom is -0.381 e. The largest absolute Gasteiger partial charge is 0.416 e. The highest BCUT2D eigenvalue weighted by Gasteiger charge is 2.37. The monoisotopic (exact) mass is 429 g/mol. The Morgan fingerprint density at radius 3 is 2.63 bits per heavy atom. The molecule has 10 heteroatoms. The van der Waals surface area contributed by atoms with Crippen LogP contribution in [0.2, 0.25) is 0 Å². The molecule has 0 saturated carbocycles. The van der Waals surface area contributed by atoms with E-state index in [0.29, 0.717) is 19.1 Å². The molecule has 2 aliphatic rings. The van der Waals surface area contributed by atoms with Gasteiger partial charge in [-0.25, -0.2) is 0 Å². The predicted molar refractivity (Wildman–Crippen MR) is 102 cm³/mol. The number of carbonyl (C=O) groups is 2. The Hall–Kier alpha value is -2.17. The fourth-order valence-electron chi connectivity index (χ4n) is 3.89.